The lowest BCUT2D eigenvalue weighted by molar-refractivity contribution is -0.113. The maximum Gasteiger partial charge on any atom is 0.234 e. The molecule has 0 unspecified atom stereocenters. The zero-order valence-electron chi connectivity index (χ0n) is 17.7. The fourth-order valence-electron chi connectivity index (χ4n) is 3.44. The summed E-state index contributed by atoms with van der Waals surface area (Å²) in [5, 5.41) is 3.39. The quantitative estimate of drug-likeness (QED) is 0.387. The first-order valence-electron chi connectivity index (χ1n) is 10.3. The number of hydrogen-bond acceptors (Lipinski definition) is 5. The second kappa shape index (κ2) is 8.99. The molecule has 6 nitrogen and oxygen atoms in total. The number of halogens is 1. The van der Waals surface area contributed by atoms with Gasteiger partial charge in [-0.05, 0) is 55.5 Å². The Kier molecular flexibility index (Phi) is 5.75. The smallest absolute Gasteiger partial charge is 0.234 e. The van der Waals surface area contributed by atoms with Crippen LogP contribution >= 0.6 is 11.8 Å². The average molecular weight is 462 g/mol. The van der Waals surface area contributed by atoms with Gasteiger partial charge < -0.3 is 14.8 Å². The van der Waals surface area contributed by atoms with Crippen molar-refractivity contribution in [2.75, 3.05) is 17.9 Å². The van der Waals surface area contributed by atoms with Crippen LogP contribution in [0.15, 0.2) is 78.1 Å². The van der Waals surface area contributed by atoms with Gasteiger partial charge in [-0.2, -0.15) is 0 Å². The van der Waals surface area contributed by atoms with Gasteiger partial charge in [-0.3, -0.25) is 9.36 Å². The number of nitrogens with one attached hydrogen (secondary N) is 1. The molecule has 1 amide bonds. The highest BCUT2D eigenvalue weighted by Crippen LogP contribution is 2.36. The molecule has 0 spiro atoms. The standard InChI is InChI=1S/C25H20FN3O3S/c1-16-5-8-20(9-6-16)29-13-21(17-7-10-22-23(11-17)32-15-31-22)28-25(29)33-14-24(30)27-19-4-2-3-18(26)12-19/h2-13H,14-15H2,1H3,(H,27,30). The zero-order chi connectivity index (χ0) is 22.8. The highest BCUT2D eigenvalue weighted by molar-refractivity contribution is 7.99. The molecule has 0 atom stereocenters. The molecule has 4 aromatic rings. The van der Waals surface area contributed by atoms with E-state index in [9.17, 15) is 9.18 Å². The number of benzene rings is 3. The summed E-state index contributed by atoms with van der Waals surface area (Å²) < 4.78 is 26.3. The van der Waals surface area contributed by atoms with E-state index in [1.807, 2.05) is 60.2 Å². The summed E-state index contributed by atoms with van der Waals surface area (Å²) in [4.78, 5) is 17.3. The third-order valence-corrected chi connectivity index (χ3v) is 6.05. The fraction of sp³-hybridized carbons (Fsp3) is 0.120. The number of imidazole rings is 1. The van der Waals surface area contributed by atoms with Crippen molar-refractivity contribution in [3.05, 3.63) is 84.3 Å². The van der Waals surface area contributed by atoms with Crippen molar-refractivity contribution >= 4 is 23.4 Å². The first kappa shape index (κ1) is 21.1. The Hall–Kier alpha value is -3.78. The summed E-state index contributed by atoms with van der Waals surface area (Å²) in [6, 6.07) is 19.6. The van der Waals surface area contributed by atoms with E-state index in [4.69, 9.17) is 14.5 Å². The fourth-order valence-corrected chi connectivity index (χ4v) is 4.24. The zero-order valence-corrected chi connectivity index (χ0v) is 18.6. The van der Waals surface area contributed by atoms with Crippen LogP contribution in [0.1, 0.15) is 5.56 Å². The molecule has 0 saturated carbocycles. The van der Waals surface area contributed by atoms with Crippen LogP contribution < -0.4 is 14.8 Å². The van der Waals surface area contributed by atoms with E-state index in [0.29, 0.717) is 22.3 Å². The summed E-state index contributed by atoms with van der Waals surface area (Å²) in [6.07, 6.45) is 1.94. The molecule has 2 heterocycles. The summed E-state index contributed by atoms with van der Waals surface area (Å²) in [6.45, 7) is 2.24. The summed E-state index contributed by atoms with van der Waals surface area (Å²) in [5.41, 5.74) is 4.15. The number of carbonyl (C=O) groups excluding carboxylic acids is 1. The van der Waals surface area contributed by atoms with Gasteiger partial charge in [0.25, 0.3) is 0 Å². The molecule has 3 aromatic carbocycles. The van der Waals surface area contributed by atoms with Gasteiger partial charge >= 0.3 is 0 Å². The number of carbonyl (C=O) groups is 1. The Labute approximate surface area is 194 Å². The SMILES string of the molecule is Cc1ccc(-n2cc(-c3ccc4c(c3)OCO4)nc2SCC(=O)Nc2cccc(F)c2)cc1. The van der Waals surface area contributed by atoms with Crippen molar-refractivity contribution < 1.29 is 18.7 Å². The van der Waals surface area contributed by atoms with Gasteiger partial charge in [0, 0.05) is 23.1 Å². The lowest BCUT2D eigenvalue weighted by Gasteiger charge is -2.08. The maximum atomic E-state index is 13.4. The van der Waals surface area contributed by atoms with E-state index >= 15 is 0 Å². The van der Waals surface area contributed by atoms with Crippen molar-refractivity contribution in [1.82, 2.24) is 9.55 Å². The molecule has 5 rings (SSSR count). The van der Waals surface area contributed by atoms with Crippen LogP contribution in [0.4, 0.5) is 10.1 Å². The van der Waals surface area contributed by atoms with Crippen LogP contribution in [-0.4, -0.2) is 28.0 Å². The molecule has 8 heteroatoms. The van der Waals surface area contributed by atoms with Crippen LogP contribution in [0, 0.1) is 12.7 Å². The first-order chi connectivity index (χ1) is 16.0. The Balaban J connectivity index is 1.41. The van der Waals surface area contributed by atoms with Gasteiger partial charge in [-0.1, -0.05) is 35.5 Å². The molecular formula is C25H20FN3O3S. The average Bonchev–Trinajstić information content (AvgIpc) is 3.45. The molecule has 0 saturated heterocycles. The molecule has 0 radical (unpaired) electrons. The Morgan fingerprint density at radius 3 is 2.73 bits per heavy atom. The van der Waals surface area contributed by atoms with Crippen molar-refractivity contribution in [3.63, 3.8) is 0 Å². The molecule has 1 aliphatic heterocycles. The van der Waals surface area contributed by atoms with E-state index in [2.05, 4.69) is 5.32 Å². The van der Waals surface area contributed by atoms with Crippen molar-refractivity contribution in [1.29, 1.82) is 0 Å². The second-order valence-corrected chi connectivity index (χ2v) is 8.47. The van der Waals surface area contributed by atoms with Gasteiger partial charge in [-0.15, -0.1) is 0 Å². The highest BCUT2D eigenvalue weighted by Gasteiger charge is 2.18. The Morgan fingerprint density at radius 2 is 1.91 bits per heavy atom. The number of fused-ring (bicyclic) bond motifs is 1. The highest BCUT2D eigenvalue weighted by atomic mass is 32.2. The van der Waals surface area contributed by atoms with E-state index in [1.54, 1.807) is 12.1 Å². The largest absolute Gasteiger partial charge is 0.454 e. The van der Waals surface area contributed by atoms with Gasteiger partial charge in [0.15, 0.2) is 16.7 Å². The maximum absolute atomic E-state index is 13.4. The molecule has 166 valence electrons. The molecule has 0 bridgehead atoms. The normalized spacial score (nSPS) is 12.1. The molecule has 1 N–H and O–H groups in total. The van der Waals surface area contributed by atoms with Crippen molar-refractivity contribution in [2.45, 2.75) is 12.1 Å². The minimum Gasteiger partial charge on any atom is -0.454 e. The number of ether oxygens (including phenoxy) is 2. The van der Waals surface area contributed by atoms with Crippen molar-refractivity contribution in [2.24, 2.45) is 0 Å². The van der Waals surface area contributed by atoms with E-state index in [-0.39, 0.29) is 18.5 Å². The van der Waals surface area contributed by atoms with Gasteiger partial charge in [0.05, 0.1) is 11.4 Å². The monoisotopic (exact) mass is 461 g/mol. The lowest BCUT2D eigenvalue weighted by Crippen LogP contribution is -2.14. The summed E-state index contributed by atoms with van der Waals surface area (Å²) >= 11 is 1.31. The number of aromatic nitrogens is 2. The van der Waals surface area contributed by atoms with E-state index < -0.39 is 5.82 Å². The number of thioether (sulfide) groups is 1. The number of anilines is 1. The van der Waals surface area contributed by atoms with Gasteiger partial charge in [0.1, 0.15) is 5.82 Å². The number of aryl methyl sites for hydroxylation is 1. The third kappa shape index (κ3) is 4.70. The third-order valence-electron chi connectivity index (χ3n) is 5.09. The van der Waals surface area contributed by atoms with Crippen LogP contribution in [0.3, 0.4) is 0 Å². The van der Waals surface area contributed by atoms with E-state index in [1.165, 1.54) is 23.9 Å². The van der Waals surface area contributed by atoms with Gasteiger partial charge in [0.2, 0.25) is 12.7 Å². The lowest BCUT2D eigenvalue weighted by atomic mass is 10.1. The van der Waals surface area contributed by atoms with Crippen LogP contribution in [0.2, 0.25) is 0 Å². The predicted octanol–water partition coefficient (Wildman–Crippen LogP) is 5.45. The number of amides is 1. The van der Waals surface area contributed by atoms with Crippen LogP contribution in [-0.2, 0) is 4.79 Å². The molecule has 33 heavy (non-hydrogen) atoms. The molecule has 0 aliphatic carbocycles. The molecular weight excluding hydrogens is 441 g/mol. The van der Waals surface area contributed by atoms with Crippen LogP contribution in [0.25, 0.3) is 16.9 Å². The topological polar surface area (TPSA) is 65.4 Å². The van der Waals surface area contributed by atoms with Gasteiger partial charge in [-0.25, -0.2) is 9.37 Å². The first-order valence-corrected chi connectivity index (χ1v) is 11.3. The molecule has 1 aliphatic rings. The Bertz CT molecular complexity index is 1320. The Morgan fingerprint density at radius 1 is 1.09 bits per heavy atom. The molecule has 0 fully saturated rings. The summed E-state index contributed by atoms with van der Waals surface area (Å²) in [7, 11) is 0. The second-order valence-electron chi connectivity index (χ2n) is 7.53. The molecule has 1 aromatic heterocycles. The summed E-state index contributed by atoms with van der Waals surface area (Å²) in [5.74, 6) is 0.874. The number of hydrogen-bond donors (Lipinski definition) is 1. The minimum absolute atomic E-state index is 0.125. The van der Waals surface area contributed by atoms with Crippen molar-refractivity contribution in [3.8, 4) is 28.4 Å². The number of nitrogens with zero attached hydrogens (tertiary/aromatic N) is 2. The predicted molar refractivity (Wildman–Crippen MR) is 126 cm³/mol. The number of rotatable bonds is 6. The van der Waals surface area contributed by atoms with Crippen LogP contribution in [0.5, 0.6) is 11.5 Å². The minimum atomic E-state index is -0.399. The van der Waals surface area contributed by atoms with E-state index in [0.717, 1.165) is 22.5 Å².